The summed E-state index contributed by atoms with van der Waals surface area (Å²) in [5.41, 5.74) is 1.98. The van der Waals surface area contributed by atoms with Crippen molar-refractivity contribution in [2.45, 2.75) is 27.2 Å². The van der Waals surface area contributed by atoms with Crippen molar-refractivity contribution in [1.29, 1.82) is 0 Å². The second-order valence-corrected chi connectivity index (χ2v) is 5.09. The van der Waals surface area contributed by atoms with Gasteiger partial charge in [0.15, 0.2) is 0 Å². The molecule has 0 aromatic heterocycles. The molecule has 4 heteroatoms. The highest BCUT2D eigenvalue weighted by Crippen LogP contribution is 2.24. The van der Waals surface area contributed by atoms with Crippen LogP contribution in [0.4, 0.5) is 5.69 Å². The smallest absolute Gasteiger partial charge is 0.239 e. The molecule has 106 valence electrons. The van der Waals surface area contributed by atoms with E-state index in [9.17, 15) is 4.79 Å². The quantitative estimate of drug-likeness (QED) is 0.796. The van der Waals surface area contributed by atoms with E-state index in [-0.39, 0.29) is 12.5 Å². The molecule has 0 aliphatic carbocycles. The van der Waals surface area contributed by atoms with E-state index in [0.29, 0.717) is 5.92 Å². The molecule has 0 aliphatic rings. The van der Waals surface area contributed by atoms with Crippen LogP contribution in [0, 0.1) is 12.8 Å². The molecule has 1 rings (SSSR count). The fourth-order valence-corrected chi connectivity index (χ4v) is 1.70. The van der Waals surface area contributed by atoms with Crippen LogP contribution in [0.1, 0.15) is 25.8 Å². The molecule has 0 fully saturated rings. The lowest BCUT2D eigenvalue weighted by atomic mass is 10.1. The normalized spacial score (nSPS) is 10.4. The summed E-state index contributed by atoms with van der Waals surface area (Å²) in [7, 11) is 1.62. The van der Waals surface area contributed by atoms with Gasteiger partial charge >= 0.3 is 0 Å². The van der Waals surface area contributed by atoms with Gasteiger partial charge in [-0.1, -0.05) is 19.9 Å². The maximum atomic E-state index is 11.7. The molecule has 1 amide bonds. The van der Waals surface area contributed by atoms with Gasteiger partial charge in [0.2, 0.25) is 5.91 Å². The molecule has 0 saturated carbocycles. The second-order valence-electron chi connectivity index (χ2n) is 5.09. The zero-order valence-electron chi connectivity index (χ0n) is 12.2. The highest BCUT2D eigenvalue weighted by molar-refractivity contribution is 5.81. The van der Waals surface area contributed by atoms with Gasteiger partial charge in [-0.3, -0.25) is 4.79 Å². The maximum absolute atomic E-state index is 11.7. The van der Waals surface area contributed by atoms with Crippen molar-refractivity contribution in [2.24, 2.45) is 5.92 Å². The Morgan fingerprint density at radius 1 is 1.37 bits per heavy atom. The summed E-state index contributed by atoms with van der Waals surface area (Å²) in [5, 5.41) is 6.00. The van der Waals surface area contributed by atoms with Gasteiger partial charge in [-0.2, -0.15) is 0 Å². The summed E-state index contributed by atoms with van der Waals surface area (Å²) in [6, 6.07) is 5.85. The number of nitrogens with one attached hydrogen (secondary N) is 2. The van der Waals surface area contributed by atoms with Gasteiger partial charge in [-0.05, 0) is 37.0 Å². The third-order valence-corrected chi connectivity index (χ3v) is 2.84. The van der Waals surface area contributed by atoms with E-state index in [1.165, 1.54) is 0 Å². The number of amides is 1. The van der Waals surface area contributed by atoms with E-state index in [1.807, 2.05) is 25.1 Å². The molecule has 0 radical (unpaired) electrons. The standard InChI is InChI=1S/C15H24N2O2/c1-11(2)7-8-16-15(18)10-17-13-9-12(3)5-6-14(13)19-4/h5-6,9,11,17H,7-8,10H2,1-4H3,(H,16,18). The van der Waals surface area contributed by atoms with Crippen LogP contribution in [-0.4, -0.2) is 26.1 Å². The van der Waals surface area contributed by atoms with Crippen molar-refractivity contribution in [3.05, 3.63) is 23.8 Å². The van der Waals surface area contributed by atoms with Gasteiger partial charge in [0.1, 0.15) is 5.75 Å². The Bertz CT molecular complexity index is 417. The largest absolute Gasteiger partial charge is 0.495 e. The van der Waals surface area contributed by atoms with Crippen LogP contribution in [0.2, 0.25) is 0 Å². The summed E-state index contributed by atoms with van der Waals surface area (Å²) >= 11 is 0. The van der Waals surface area contributed by atoms with Crippen molar-refractivity contribution < 1.29 is 9.53 Å². The molecular formula is C15H24N2O2. The number of benzene rings is 1. The Morgan fingerprint density at radius 2 is 2.11 bits per heavy atom. The first-order valence-electron chi connectivity index (χ1n) is 6.68. The van der Waals surface area contributed by atoms with Crippen LogP contribution in [-0.2, 0) is 4.79 Å². The third kappa shape index (κ3) is 5.64. The van der Waals surface area contributed by atoms with Crippen LogP contribution < -0.4 is 15.4 Å². The van der Waals surface area contributed by atoms with Gasteiger partial charge < -0.3 is 15.4 Å². The van der Waals surface area contributed by atoms with E-state index in [4.69, 9.17) is 4.74 Å². The molecule has 0 unspecified atom stereocenters. The zero-order chi connectivity index (χ0) is 14.3. The van der Waals surface area contributed by atoms with Crippen LogP contribution in [0.3, 0.4) is 0 Å². The molecule has 19 heavy (non-hydrogen) atoms. The van der Waals surface area contributed by atoms with E-state index in [2.05, 4.69) is 24.5 Å². The minimum absolute atomic E-state index is 0.00390. The van der Waals surface area contributed by atoms with Gasteiger partial charge in [0.25, 0.3) is 0 Å². The second kappa shape index (κ2) is 7.67. The van der Waals surface area contributed by atoms with Crippen LogP contribution in [0.25, 0.3) is 0 Å². The molecule has 0 aliphatic heterocycles. The van der Waals surface area contributed by atoms with Crippen LogP contribution in [0.5, 0.6) is 5.75 Å². The molecule has 0 heterocycles. The molecular weight excluding hydrogens is 240 g/mol. The summed E-state index contributed by atoms with van der Waals surface area (Å²) in [4.78, 5) is 11.7. The van der Waals surface area contributed by atoms with E-state index >= 15 is 0 Å². The Labute approximate surface area is 115 Å². The number of hydrogen-bond acceptors (Lipinski definition) is 3. The fraction of sp³-hybridized carbons (Fsp3) is 0.533. The first-order valence-corrected chi connectivity index (χ1v) is 6.68. The Hall–Kier alpha value is -1.71. The number of hydrogen-bond donors (Lipinski definition) is 2. The third-order valence-electron chi connectivity index (χ3n) is 2.84. The number of carbonyl (C=O) groups excluding carboxylic acids is 1. The number of methoxy groups -OCH3 is 1. The Balaban J connectivity index is 2.43. The first kappa shape index (κ1) is 15.3. The number of anilines is 1. The van der Waals surface area contributed by atoms with Crippen molar-refractivity contribution in [1.82, 2.24) is 5.32 Å². The van der Waals surface area contributed by atoms with Gasteiger partial charge in [0.05, 0.1) is 19.3 Å². The SMILES string of the molecule is COc1ccc(C)cc1NCC(=O)NCCC(C)C. The van der Waals surface area contributed by atoms with Crippen molar-refractivity contribution in [3.63, 3.8) is 0 Å². The highest BCUT2D eigenvalue weighted by Gasteiger charge is 2.05. The lowest BCUT2D eigenvalue weighted by molar-refractivity contribution is -0.119. The molecule has 1 aromatic rings. The zero-order valence-corrected chi connectivity index (χ0v) is 12.2. The highest BCUT2D eigenvalue weighted by atomic mass is 16.5. The fourth-order valence-electron chi connectivity index (χ4n) is 1.70. The number of aryl methyl sites for hydroxylation is 1. The van der Waals surface area contributed by atoms with E-state index in [0.717, 1.165) is 30.0 Å². The Kier molecular flexibility index (Phi) is 6.19. The maximum Gasteiger partial charge on any atom is 0.239 e. The number of rotatable bonds is 7. The van der Waals surface area contributed by atoms with Crippen molar-refractivity contribution in [3.8, 4) is 5.75 Å². The molecule has 0 spiro atoms. The summed E-state index contributed by atoms with van der Waals surface area (Å²) in [6.07, 6.45) is 1.000. The minimum atomic E-state index is 0.00390. The van der Waals surface area contributed by atoms with Gasteiger partial charge in [-0.15, -0.1) is 0 Å². The summed E-state index contributed by atoms with van der Waals surface area (Å²) in [5.74, 6) is 1.36. The predicted octanol–water partition coefficient (Wildman–Crippen LogP) is 2.58. The molecule has 2 N–H and O–H groups in total. The van der Waals surface area contributed by atoms with E-state index < -0.39 is 0 Å². The molecule has 1 aromatic carbocycles. The number of carbonyl (C=O) groups is 1. The lowest BCUT2D eigenvalue weighted by Crippen LogP contribution is -2.31. The summed E-state index contributed by atoms with van der Waals surface area (Å²) in [6.45, 7) is 7.28. The molecule has 0 saturated heterocycles. The van der Waals surface area contributed by atoms with Gasteiger partial charge in [0, 0.05) is 6.54 Å². The minimum Gasteiger partial charge on any atom is -0.495 e. The molecule has 0 atom stereocenters. The monoisotopic (exact) mass is 264 g/mol. The average Bonchev–Trinajstić information content (AvgIpc) is 2.36. The van der Waals surface area contributed by atoms with Gasteiger partial charge in [-0.25, -0.2) is 0 Å². The van der Waals surface area contributed by atoms with Crippen LogP contribution >= 0.6 is 0 Å². The van der Waals surface area contributed by atoms with E-state index in [1.54, 1.807) is 7.11 Å². The van der Waals surface area contributed by atoms with Crippen molar-refractivity contribution in [2.75, 3.05) is 25.5 Å². The van der Waals surface area contributed by atoms with Crippen molar-refractivity contribution >= 4 is 11.6 Å². The first-order chi connectivity index (χ1) is 9.02. The average molecular weight is 264 g/mol. The van der Waals surface area contributed by atoms with Crippen LogP contribution in [0.15, 0.2) is 18.2 Å². The lowest BCUT2D eigenvalue weighted by Gasteiger charge is -2.12. The topological polar surface area (TPSA) is 50.4 Å². The predicted molar refractivity (Wildman–Crippen MR) is 78.7 cm³/mol. The Morgan fingerprint density at radius 3 is 2.74 bits per heavy atom. The number of ether oxygens (including phenoxy) is 1. The summed E-state index contributed by atoms with van der Waals surface area (Å²) < 4.78 is 5.25. The molecule has 0 bridgehead atoms. The molecule has 4 nitrogen and oxygen atoms in total.